The molecule has 3 rings (SSSR count). The first-order valence-electron chi connectivity index (χ1n) is 8.28. The van der Waals surface area contributed by atoms with Crippen molar-refractivity contribution in [2.75, 3.05) is 7.11 Å². The van der Waals surface area contributed by atoms with E-state index in [0.29, 0.717) is 0 Å². The Bertz CT molecular complexity index is 925. The normalized spacial score (nSPS) is 10.7. The SMILES string of the molecule is COc1ccc([I+]c2ccc(CBr)cc2)cc1.Cc1ccc(S(=O)(=O)[O-])cc1. The van der Waals surface area contributed by atoms with Crippen LogP contribution >= 0.6 is 15.9 Å². The number of halogens is 2. The van der Waals surface area contributed by atoms with Crippen LogP contribution in [0.3, 0.4) is 0 Å². The van der Waals surface area contributed by atoms with E-state index in [2.05, 4.69) is 52.3 Å². The van der Waals surface area contributed by atoms with Crippen molar-refractivity contribution in [2.45, 2.75) is 17.1 Å². The summed E-state index contributed by atoms with van der Waals surface area (Å²) in [5.74, 6) is 0.924. The molecule has 3 aromatic carbocycles. The first-order chi connectivity index (χ1) is 13.3. The molecule has 0 unspecified atom stereocenters. The average molecular weight is 575 g/mol. The van der Waals surface area contributed by atoms with E-state index in [1.807, 2.05) is 19.1 Å². The van der Waals surface area contributed by atoms with Crippen LogP contribution in [-0.4, -0.2) is 20.1 Å². The van der Waals surface area contributed by atoms with Crippen LogP contribution in [0.4, 0.5) is 0 Å². The highest BCUT2D eigenvalue weighted by Crippen LogP contribution is 2.08. The van der Waals surface area contributed by atoms with Crippen LogP contribution < -0.4 is 25.9 Å². The lowest BCUT2D eigenvalue weighted by Crippen LogP contribution is -3.61. The molecule has 0 radical (unpaired) electrons. The summed E-state index contributed by atoms with van der Waals surface area (Å²) in [5, 5.41) is 0.925. The van der Waals surface area contributed by atoms with Crippen molar-refractivity contribution >= 4 is 26.0 Å². The van der Waals surface area contributed by atoms with Crippen molar-refractivity contribution in [3.63, 3.8) is 0 Å². The van der Waals surface area contributed by atoms with Gasteiger partial charge in [-0.1, -0.05) is 45.8 Å². The zero-order valence-electron chi connectivity index (χ0n) is 15.4. The van der Waals surface area contributed by atoms with Crippen LogP contribution in [0.5, 0.6) is 5.75 Å². The third-order valence-electron chi connectivity index (χ3n) is 3.64. The third-order valence-corrected chi connectivity index (χ3v) is 7.83. The molecule has 148 valence electrons. The van der Waals surface area contributed by atoms with Crippen molar-refractivity contribution in [3.8, 4) is 5.75 Å². The van der Waals surface area contributed by atoms with Crippen LogP contribution in [0.2, 0.25) is 0 Å². The molecule has 0 amide bonds. The predicted molar refractivity (Wildman–Crippen MR) is 109 cm³/mol. The minimum Gasteiger partial charge on any atom is -0.744 e. The van der Waals surface area contributed by atoms with Crippen LogP contribution in [-0.2, 0) is 15.4 Å². The molecule has 0 spiro atoms. The van der Waals surface area contributed by atoms with E-state index in [0.717, 1.165) is 16.6 Å². The highest BCUT2D eigenvalue weighted by molar-refractivity contribution is 9.08. The topological polar surface area (TPSA) is 66.4 Å². The van der Waals surface area contributed by atoms with Gasteiger partial charge in [0.15, 0.2) is 7.14 Å². The van der Waals surface area contributed by atoms with Crippen LogP contribution in [0.25, 0.3) is 0 Å². The van der Waals surface area contributed by atoms with Crippen LogP contribution in [0.15, 0.2) is 77.7 Å². The molecule has 0 fully saturated rings. The number of alkyl halides is 1. The Labute approximate surface area is 185 Å². The summed E-state index contributed by atoms with van der Waals surface area (Å²) in [7, 11) is -2.57. The summed E-state index contributed by atoms with van der Waals surface area (Å²) < 4.78 is 39.2. The van der Waals surface area contributed by atoms with Gasteiger partial charge in [-0.25, -0.2) is 8.42 Å². The second-order valence-electron chi connectivity index (χ2n) is 5.78. The van der Waals surface area contributed by atoms with Gasteiger partial charge in [0.05, 0.1) is 12.0 Å². The lowest BCUT2D eigenvalue weighted by Gasteiger charge is -2.05. The fraction of sp³-hybridized carbons (Fsp3) is 0.143. The van der Waals surface area contributed by atoms with Gasteiger partial charge in [0, 0.05) is 5.33 Å². The lowest BCUT2D eigenvalue weighted by atomic mass is 10.2. The zero-order valence-corrected chi connectivity index (χ0v) is 20.0. The Kier molecular flexibility index (Phi) is 8.94. The van der Waals surface area contributed by atoms with Gasteiger partial charge in [-0.2, -0.15) is 0 Å². The minimum atomic E-state index is -4.27. The molecule has 7 heteroatoms. The van der Waals surface area contributed by atoms with Crippen molar-refractivity contribution in [3.05, 3.63) is 91.1 Å². The van der Waals surface area contributed by atoms with Crippen molar-refractivity contribution in [1.82, 2.24) is 0 Å². The highest BCUT2D eigenvalue weighted by atomic mass is 127. The van der Waals surface area contributed by atoms with E-state index in [4.69, 9.17) is 4.74 Å². The van der Waals surface area contributed by atoms with Gasteiger partial charge in [-0.15, -0.1) is 0 Å². The quantitative estimate of drug-likeness (QED) is 0.264. The molecule has 0 aliphatic carbocycles. The van der Waals surface area contributed by atoms with E-state index >= 15 is 0 Å². The first-order valence-corrected chi connectivity index (χ1v) is 13.0. The maximum Gasteiger partial charge on any atom is 0.357 e. The van der Waals surface area contributed by atoms with Gasteiger partial charge >= 0.3 is 21.2 Å². The second-order valence-corrected chi connectivity index (χ2v) is 10.8. The van der Waals surface area contributed by atoms with E-state index < -0.39 is 10.1 Å². The summed E-state index contributed by atoms with van der Waals surface area (Å²) in [4.78, 5) is -0.178. The fourth-order valence-electron chi connectivity index (χ4n) is 2.10. The van der Waals surface area contributed by atoms with E-state index in [1.54, 1.807) is 19.2 Å². The molecular weight excluding hydrogens is 555 g/mol. The maximum atomic E-state index is 10.4. The molecule has 3 aromatic rings. The first kappa shape index (κ1) is 22.9. The van der Waals surface area contributed by atoms with Gasteiger partial charge in [0.25, 0.3) is 0 Å². The summed E-state index contributed by atoms with van der Waals surface area (Å²) >= 11 is 3.38. The highest BCUT2D eigenvalue weighted by Gasteiger charge is 2.14. The van der Waals surface area contributed by atoms with Gasteiger partial charge in [-0.3, -0.25) is 0 Å². The minimum absolute atomic E-state index is 0.0783. The molecular formula is C21H20BrIO4S. The molecule has 0 aliphatic heterocycles. The molecule has 0 atom stereocenters. The number of rotatable bonds is 5. The summed E-state index contributed by atoms with van der Waals surface area (Å²) in [5.41, 5.74) is 2.25. The number of benzene rings is 3. The summed E-state index contributed by atoms with van der Waals surface area (Å²) in [6, 6.07) is 23.0. The Balaban J connectivity index is 0.000000221. The van der Waals surface area contributed by atoms with E-state index in [-0.39, 0.29) is 26.1 Å². The Hall–Kier alpha value is -1.42. The van der Waals surface area contributed by atoms with Crippen LogP contribution in [0.1, 0.15) is 11.1 Å². The van der Waals surface area contributed by atoms with E-state index in [9.17, 15) is 13.0 Å². The van der Waals surface area contributed by atoms with Crippen LogP contribution in [0, 0.1) is 14.1 Å². The van der Waals surface area contributed by atoms with Gasteiger partial charge in [-0.05, 0) is 61.0 Å². The van der Waals surface area contributed by atoms with E-state index in [1.165, 1.54) is 24.8 Å². The van der Waals surface area contributed by atoms with Crippen molar-refractivity contribution < 1.29 is 38.9 Å². The number of methoxy groups -OCH3 is 1. The molecule has 0 bridgehead atoms. The molecule has 28 heavy (non-hydrogen) atoms. The van der Waals surface area contributed by atoms with Gasteiger partial charge in [0.2, 0.25) is 0 Å². The maximum absolute atomic E-state index is 10.4. The Morgan fingerprint density at radius 1 is 0.893 bits per heavy atom. The fourth-order valence-corrected chi connectivity index (χ4v) is 5.10. The monoisotopic (exact) mass is 574 g/mol. The molecule has 0 saturated carbocycles. The third kappa shape index (κ3) is 7.54. The molecule has 0 saturated heterocycles. The number of hydrogen-bond acceptors (Lipinski definition) is 4. The lowest BCUT2D eigenvalue weighted by molar-refractivity contribution is -0.597. The molecule has 4 nitrogen and oxygen atoms in total. The number of aryl methyl sites for hydroxylation is 1. The number of ether oxygens (including phenoxy) is 1. The van der Waals surface area contributed by atoms with Gasteiger partial charge in [0.1, 0.15) is 15.9 Å². The molecule has 0 heterocycles. The standard InChI is InChI=1S/C14H13BrIO.C7H8O3S/c1-17-14-8-6-13(7-9-14)16-12-4-2-11(10-15)3-5-12;1-6-2-4-7(5-3-6)11(8,9)10/h2-9H,10H2,1H3;2-5H,1H3,(H,8,9,10)/q+1;/p-1. The summed E-state index contributed by atoms with van der Waals surface area (Å²) in [6.07, 6.45) is 0. The predicted octanol–water partition coefficient (Wildman–Crippen LogP) is 1.62. The van der Waals surface area contributed by atoms with Gasteiger partial charge < -0.3 is 9.29 Å². The molecule has 0 aliphatic rings. The Morgan fingerprint density at radius 3 is 1.82 bits per heavy atom. The number of hydrogen-bond donors (Lipinski definition) is 0. The summed E-state index contributed by atoms with van der Waals surface area (Å²) in [6.45, 7) is 1.82. The molecule has 0 N–H and O–H groups in total. The molecule has 0 aromatic heterocycles. The second kappa shape index (κ2) is 10.9. The Morgan fingerprint density at radius 2 is 1.39 bits per heavy atom. The van der Waals surface area contributed by atoms with Crippen molar-refractivity contribution in [2.24, 2.45) is 0 Å². The largest absolute Gasteiger partial charge is 0.744 e. The smallest absolute Gasteiger partial charge is 0.357 e. The van der Waals surface area contributed by atoms with Crippen molar-refractivity contribution in [1.29, 1.82) is 0 Å². The average Bonchev–Trinajstić information content (AvgIpc) is 2.69. The zero-order chi connectivity index (χ0) is 20.6.